The van der Waals surface area contributed by atoms with Crippen molar-refractivity contribution in [2.24, 2.45) is 5.40 Å². The van der Waals surface area contributed by atoms with Crippen molar-refractivity contribution < 1.29 is 4.43 Å². The van der Waals surface area contributed by atoms with Crippen molar-refractivity contribution in [1.29, 1.82) is 0 Å². The first-order valence-corrected chi connectivity index (χ1v) is 2.12. The molecule has 0 amide bonds. The van der Waals surface area contributed by atoms with Crippen molar-refractivity contribution in [3.8, 4) is 0 Å². The Balaban J connectivity index is 2.40. The lowest BCUT2D eigenvalue weighted by atomic mass is 11.2. The van der Waals surface area contributed by atoms with E-state index in [0.717, 1.165) is 0 Å². The van der Waals surface area contributed by atoms with Gasteiger partial charge in [0.2, 0.25) is 0 Å². The molecule has 0 aliphatic rings. The Bertz CT molecular complexity index is 30.8. The predicted molar refractivity (Wildman–Crippen MR) is 21.2 cm³/mol. The van der Waals surface area contributed by atoms with Crippen LogP contribution in [0, 0.1) is 0 Å². The quantitative estimate of drug-likeness (QED) is 0.369. The van der Waals surface area contributed by atoms with E-state index in [0.29, 0.717) is 0 Å². The minimum atomic E-state index is 0.0397. The standard InChI is InChI=1S/C2H5NOSi/c1-2-4-5-3/h2H,1,3H2. The second kappa shape index (κ2) is 3.72. The third kappa shape index (κ3) is 3.72. The summed E-state index contributed by atoms with van der Waals surface area (Å²) in [7, 11) is 0.0397. The highest BCUT2D eigenvalue weighted by Crippen LogP contribution is 1.55. The van der Waals surface area contributed by atoms with Gasteiger partial charge >= 0.3 is 9.92 Å². The Kier molecular flexibility index (Phi) is 3.51. The van der Waals surface area contributed by atoms with Crippen LogP contribution in [0.4, 0.5) is 0 Å². The van der Waals surface area contributed by atoms with Gasteiger partial charge in [-0.1, -0.05) is 6.58 Å². The molecule has 0 aromatic carbocycles. The first-order chi connectivity index (χ1) is 2.41. The zero-order valence-corrected chi connectivity index (χ0v) is 3.77. The third-order valence-corrected chi connectivity index (χ3v) is 0.454. The molecular weight excluding hydrogens is 82.1 g/mol. The Hall–Kier alpha value is -0.283. The monoisotopic (exact) mass is 87.0 g/mol. The fourth-order valence-electron chi connectivity index (χ4n) is 0.0481. The zero-order valence-electron chi connectivity index (χ0n) is 2.77. The second-order valence-corrected chi connectivity index (χ2v) is 0.874. The van der Waals surface area contributed by atoms with Crippen LogP contribution in [0.5, 0.6) is 0 Å². The average Bonchev–Trinajstić information content (AvgIpc) is 1.41. The molecule has 0 spiro atoms. The average molecular weight is 87.2 g/mol. The van der Waals surface area contributed by atoms with E-state index in [4.69, 9.17) is 5.40 Å². The summed E-state index contributed by atoms with van der Waals surface area (Å²) in [5.41, 5.74) is 0. The van der Waals surface area contributed by atoms with Gasteiger partial charge in [-0.2, -0.15) is 0 Å². The van der Waals surface area contributed by atoms with Gasteiger partial charge in [0.1, 0.15) is 0 Å². The molecule has 0 aromatic rings. The molecule has 0 aliphatic carbocycles. The fraction of sp³-hybridized carbons (Fsp3) is 0. The molecule has 2 N–H and O–H groups in total. The highest BCUT2D eigenvalue weighted by molar-refractivity contribution is 6.22. The van der Waals surface area contributed by atoms with E-state index < -0.39 is 0 Å². The molecular formula is C2H5NOSi. The van der Waals surface area contributed by atoms with Crippen LogP contribution in [0.2, 0.25) is 0 Å². The number of hydrogen-bond donors (Lipinski definition) is 1. The molecule has 3 heteroatoms. The van der Waals surface area contributed by atoms with Crippen LogP contribution in [0.15, 0.2) is 12.8 Å². The third-order valence-electron chi connectivity index (χ3n) is 0.151. The lowest BCUT2D eigenvalue weighted by molar-refractivity contribution is 0.517. The van der Waals surface area contributed by atoms with Gasteiger partial charge in [0, 0.05) is 0 Å². The maximum Gasteiger partial charge on any atom is 0.419 e. The summed E-state index contributed by atoms with van der Waals surface area (Å²) in [6.45, 7) is 3.26. The topological polar surface area (TPSA) is 35.2 Å². The van der Waals surface area contributed by atoms with Gasteiger partial charge < -0.3 is 9.83 Å². The van der Waals surface area contributed by atoms with Gasteiger partial charge in [-0.25, -0.2) is 0 Å². The Labute approximate surface area is 33.6 Å². The van der Waals surface area contributed by atoms with Crippen LogP contribution in [0.3, 0.4) is 0 Å². The highest BCUT2D eigenvalue weighted by atomic mass is 28.2. The van der Waals surface area contributed by atoms with Gasteiger partial charge in [-0.15, -0.1) is 0 Å². The van der Waals surface area contributed by atoms with Crippen molar-refractivity contribution in [2.75, 3.05) is 0 Å². The summed E-state index contributed by atoms with van der Waals surface area (Å²) < 4.78 is 4.40. The Morgan fingerprint density at radius 3 is 2.60 bits per heavy atom. The normalized spacial score (nSPS) is 6.60. The van der Waals surface area contributed by atoms with Gasteiger partial charge in [0.15, 0.2) is 0 Å². The molecule has 28 valence electrons. The largest absolute Gasteiger partial charge is 0.534 e. The van der Waals surface area contributed by atoms with E-state index in [1.807, 2.05) is 0 Å². The maximum absolute atomic E-state index is 4.87. The van der Waals surface area contributed by atoms with Crippen molar-refractivity contribution in [3.05, 3.63) is 12.8 Å². The summed E-state index contributed by atoms with van der Waals surface area (Å²) in [6, 6.07) is 0. The Morgan fingerprint density at radius 2 is 2.60 bits per heavy atom. The number of nitrogens with two attached hydrogens (primary N) is 1. The molecule has 0 saturated carbocycles. The lowest BCUT2D eigenvalue weighted by Crippen LogP contribution is -2.04. The van der Waals surface area contributed by atoms with E-state index in [1.165, 1.54) is 6.26 Å². The van der Waals surface area contributed by atoms with Gasteiger partial charge in [0.25, 0.3) is 0 Å². The number of hydrogen-bond acceptors (Lipinski definition) is 2. The zero-order chi connectivity index (χ0) is 4.12. The van der Waals surface area contributed by atoms with E-state index >= 15 is 0 Å². The summed E-state index contributed by atoms with van der Waals surface area (Å²) >= 11 is 0. The van der Waals surface area contributed by atoms with E-state index in [-0.39, 0.29) is 9.92 Å². The molecule has 2 nitrogen and oxygen atoms in total. The van der Waals surface area contributed by atoms with Crippen LogP contribution in [-0.2, 0) is 4.43 Å². The first-order valence-electron chi connectivity index (χ1n) is 1.14. The Morgan fingerprint density at radius 1 is 2.00 bits per heavy atom. The van der Waals surface area contributed by atoms with Crippen LogP contribution in [-0.4, -0.2) is 9.92 Å². The molecule has 0 aromatic heterocycles. The maximum atomic E-state index is 4.87. The molecule has 0 unspecified atom stereocenters. The number of rotatable bonds is 2. The summed E-state index contributed by atoms with van der Waals surface area (Å²) in [6.07, 6.45) is 1.32. The van der Waals surface area contributed by atoms with Crippen molar-refractivity contribution in [2.45, 2.75) is 0 Å². The SMILES string of the molecule is C=CO[Si]N. The molecule has 0 atom stereocenters. The van der Waals surface area contributed by atoms with Gasteiger partial charge in [0.05, 0.1) is 6.26 Å². The van der Waals surface area contributed by atoms with E-state index in [2.05, 4.69) is 11.0 Å². The van der Waals surface area contributed by atoms with Gasteiger partial charge in [-0.3, -0.25) is 0 Å². The fourth-order valence-corrected chi connectivity index (χ4v) is 0.144. The van der Waals surface area contributed by atoms with Crippen LogP contribution in [0.25, 0.3) is 0 Å². The van der Waals surface area contributed by atoms with Crippen LogP contribution >= 0.6 is 0 Å². The smallest absolute Gasteiger partial charge is 0.419 e. The first kappa shape index (κ1) is 4.72. The minimum absolute atomic E-state index is 0.0397. The molecule has 0 rings (SSSR count). The van der Waals surface area contributed by atoms with E-state index in [1.54, 1.807) is 0 Å². The molecule has 0 heterocycles. The lowest BCUT2D eigenvalue weighted by Gasteiger charge is -1.81. The molecule has 2 radical (unpaired) electrons. The molecule has 0 bridgehead atoms. The molecule has 0 saturated heterocycles. The van der Waals surface area contributed by atoms with Crippen molar-refractivity contribution >= 4 is 9.92 Å². The van der Waals surface area contributed by atoms with Crippen LogP contribution in [0.1, 0.15) is 0 Å². The summed E-state index contributed by atoms with van der Waals surface area (Å²) in [4.78, 5) is 0. The second-order valence-electron chi connectivity index (χ2n) is 0.402. The highest BCUT2D eigenvalue weighted by Gasteiger charge is 1.64. The van der Waals surface area contributed by atoms with E-state index in [9.17, 15) is 0 Å². The molecule has 5 heavy (non-hydrogen) atoms. The van der Waals surface area contributed by atoms with Gasteiger partial charge in [-0.05, 0) is 0 Å². The molecule has 0 fully saturated rings. The minimum Gasteiger partial charge on any atom is -0.534 e. The molecule has 0 aliphatic heterocycles. The summed E-state index contributed by atoms with van der Waals surface area (Å²) in [5, 5.41) is 4.87. The summed E-state index contributed by atoms with van der Waals surface area (Å²) in [5.74, 6) is 0. The van der Waals surface area contributed by atoms with Crippen molar-refractivity contribution in [3.63, 3.8) is 0 Å². The predicted octanol–water partition coefficient (Wildman–Crippen LogP) is -0.361. The van der Waals surface area contributed by atoms with Crippen LogP contribution < -0.4 is 5.40 Å². The van der Waals surface area contributed by atoms with Crippen molar-refractivity contribution in [1.82, 2.24) is 0 Å².